The van der Waals surface area contributed by atoms with E-state index in [4.69, 9.17) is 20.3 Å². The highest BCUT2D eigenvalue weighted by molar-refractivity contribution is 5.76. The lowest BCUT2D eigenvalue weighted by atomic mass is 10.3. The maximum Gasteiger partial charge on any atom is 0.223 e. The van der Waals surface area contributed by atoms with Gasteiger partial charge < -0.3 is 25.6 Å². The minimum Gasteiger partial charge on any atom is -0.493 e. The van der Waals surface area contributed by atoms with E-state index in [2.05, 4.69) is 5.32 Å². The number of aliphatic hydroxyl groups is 1. The number of nitrogens with one attached hydrogen (secondary N) is 1. The second-order valence-electron chi connectivity index (χ2n) is 4.07. The van der Waals surface area contributed by atoms with Crippen LogP contribution in [-0.4, -0.2) is 44.0 Å². The van der Waals surface area contributed by atoms with E-state index in [1.165, 1.54) is 7.11 Å². The summed E-state index contributed by atoms with van der Waals surface area (Å²) in [5, 5.41) is 11.6. The number of nitrogen functional groups attached to an aromatic ring is 1. The fraction of sp³-hybridized carbons (Fsp3) is 0.462. The highest BCUT2D eigenvalue weighted by atomic mass is 16.5. The molecule has 4 N–H and O–H groups in total. The fourth-order valence-electron chi connectivity index (χ4n) is 1.51. The number of aliphatic hydroxyl groups excluding tert-OH is 1. The van der Waals surface area contributed by atoms with Crippen LogP contribution in [0.4, 0.5) is 5.69 Å². The molecule has 0 aliphatic carbocycles. The van der Waals surface area contributed by atoms with E-state index in [0.717, 1.165) is 0 Å². The second kappa shape index (κ2) is 8.34. The molecule has 1 atom stereocenters. The average molecular weight is 268 g/mol. The van der Waals surface area contributed by atoms with Crippen molar-refractivity contribution in [3.8, 4) is 5.75 Å². The monoisotopic (exact) mass is 268 g/mol. The van der Waals surface area contributed by atoms with Crippen molar-refractivity contribution in [1.82, 2.24) is 5.32 Å². The van der Waals surface area contributed by atoms with Gasteiger partial charge in [0, 0.05) is 18.9 Å². The number of amides is 1. The molecule has 1 rings (SSSR count). The smallest absolute Gasteiger partial charge is 0.223 e. The molecule has 0 saturated carbocycles. The number of ether oxygens (including phenoxy) is 2. The topological polar surface area (TPSA) is 93.8 Å². The molecule has 6 heteroatoms. The van der Waals surface area contributed by atoms with Crippen LogP contribution in [0.1, 0.15) is 6.42 Å². The lowest BCUT2D eigenvalue weighted by molar-refractivity contribution is -0.123. The first-order valence-electron chi connectivity index (χ1n) is 6.03. The predicted molar refractivity (Wildman–Crippen MR) is 71.9 cm³/mol. The number of hydrogen-bond donors (Lipinski definition) is 3. The second-order valence-corrected chi connectivity index (χ2v) is 4.07. The first kappa shape index (κ1) is 15.3. The minimum atomic E-state index is -0.384. The zero-order valence-electron chi connectivity index (χ0n) is 11.0. The molecule has 106 valence electrons. The Morgan fingerprint density at radius 3 is 2.95 bits per heavy atom. The molecule has 0 bridgehead atoms. The quantitative estimate of drug-likeness (QED) is 0.584. The maximum absolute atomic E-state index is 11.6. The van der Waals surface area contributed by atoms with Gasteiger partial charge in [-0.3, -0.25) is 4.79 Å². The van der Waals surface area contributed by atoms with E-state index in [1.807, 2.05) is 0 Å². The normalized spacial score (nSPS) is 11.9. The highest BCUT2D eigenvalue weighted by Crippen LogP contribution is 2.14. The Morgan fingerprint density at radius 1 is 1.53 bits per heavy atom. The van der Waals surface area contributed by atoms with Crippen LogP contribution in [0.2, 0.25) is 0 Å². The Bertz CT molecular complexity index is 398. The third-order valence-electron chi connectivity index (χ3n) is 2.41. The molecule has 0 aliphatic rings. The largest absolute Gasteiger partial charge is 0.493 e. The van der Waals surface area contributed by atoms with Crippen LogP contribution < -0.4 is 15.8 Å². The van der Waals surface area contributed by atoms with Gasteiger partial charge in [0.05, 0.1) is 32.3 Å². The summed E-state index contributed by atoms with van der Waals surface area (Å²) in [6.07, 6.45) is 0.203. The van der Waals surface area contributed by atoms with Crippen LogP contribution in [0.3, 0.4) is 0 Å². The van der Waals surface area contributed by atoms with Crippen LogP contribution in [0.5, 0.6) is 5.75 Å². The van der Waals surface area contributed by atoms with E-state index in [-0.39, 0.29) is 38.2 Å². The molecule has 0 fully saturated rings. The van der Waals surface area contributed by atoms with Gasteiger partial charge in [-0.1, -0.05) is 6.07 Å². The van der Waals surface area contributed by atoms with Gasteiger partial charge in [0.2, 0.25) is 5.91 Å². The Balaban J connectivity index is 2.27. The summed E-state index contributed by atoms with van der Waals surface area (Å²) in [5.41, 5.74) is 6.22. The van der Waals surface area contributed by atoms with Crippen LogP contribution in [-0.2, 0) is 9.53 Å². The molecule has 0 radical (unpaired) electrons. The third-order valence-corrected chi connectivity index (χ3v) is 2.41. The van der Waals surface area contributed by atoms with Crippen molar-refractivity contribution in [3.05, 3.63) is 24.3 Å². The van der Waals surface area contributed by atoms with Crippen molar-refractivity contribution in [1.29, 1.82) is 0 Å². The summed E-state index contributed by atoms with van der Waals surface area (Å²) < 4.78 is 10.3. The first-order valence-corrected chi connectivity index (χ1v) is 6.03. The van der Waals surface area contributed by atoms with Gasteiger partial charge in [-0.2, -0.15) is 0 Å². The van der Waals surface area contributed by atoms with Gasteiger partial charge in [0.15, 0.2) is 0 Å². The molecular weight excluding hydrogens is 248 g/mol. The molecule has 1 amide bonds. The lowest BCUT2D eigenvalue weighted by Gasteiger charge is -2.15. The number of carbonyl (C=O) groups excluding carboxylic acids is 1. The number of benzene rings is 1. The number of methoxy groups -OCH3 is 1. The summed E-state index contributed by atoms with van der Waals surface area (Å²) in [5.74, 6) is 0.434. The SMILES string of the molecule is COCC(CO)NC(=O)CCOc1cccc(N)c1. The van der Waals surface area contributed by atoms with E-state index in [9.17, 15) is 4.79 Å². The molecule has 0 aromatic heterocycles. The molecule has 0 spiro atoms. The summed E-state index contributed by atoms with van der Waals surface area (Å²) >= 11 is 0. The van der Waals surface area contributed by atoms with E-state index >= 15 is 0 Å². The van der Waals surface area contributed by atoms with Gasteiger partial charge >= 0.3 is 0 Å². The summed E-state index contributed by atoms with van der Waals surface area (Å²) in [4.78, 5) is 11.6. The molecule has 1 aromatic carbocycles. The molecule has 6 nitrogen and oxygen atoms in total. The van der Waals surface area contributed by atoms with Crippen molar-refractivity contribution in [2.24, 2.45) is 0 Å². The minimum absolute atomic E-state index is 0.157. The van der Waals surface area contributed by atoms with Crippen molar-refractivity contribution in [2.75, 3.05) is 32.7 Å². The lowest BCUT2D eigenvalue weighted by Crippen LogP contribution is -2.41. The van der Waals surface area contributed by atoms with Crippen molar-refractivity contribution < 1.29 is 19.4 Å². The molecule has 1 unspecified atom stereocenters. The first-order chi connectivity index (χ1) is 9.15. The van der Waals surface area contributed by atoms with Crippen LogP contribution >= 0.6 is 0 Å². The molecule has 0 heterocycles. The van der Waals surface area contributed by atoms with Crippen LogP contribution in [0.25, 0.3) is 0 Å². The van der Waals surface area contributed by atoms with Crippen LogP contribution in [0, 0.1) is 0 Å². The number of carbonyl (C=O) groups is 1. The van der Waals surface area contributed by atoms with Gasteiger partial charge in [-0.15, -0.1) is 0 Å². The number of rotatable bonds is 8. The van der Waals surface area contributed by atoms with E-state index < -0.39 is 0 Å². The van der Waals surface area contributed by atoms with Gasteiger partial charge in [0.1, 0.15) is 5.75 Å². The van der Waals surface area contributed by atoms with Crippen molar-refractivity contribution >= 4 is 11.6 Å². The van der Waals surface area contributed by atoms with E-state index in [1.54, 1.807) is 24.3 Å². The fourth-order valence-corrected chi connectivity index (χ4v) is 1.51. The van der Waals surface area contributed by atoms with Gasteiger partial charge in [0.25, 0.3) is 0 Å². The summed E-state index contributed by atoms with van der Waals surface area (Å²) in [6.45, 7) is 0.369. The molecule has 0 aliphatic heterocycles. The molecule has 1 aromatic rings. The van der Waals surface area contributed by atoms with Crippen molar-refractivity contribution in [3.63, 3.8) is 0 Å². The van der Waals surface area contributed by atoms with Gasteiger partial charge in [-0.25, -0.2) is 0 Å². The maximum atomic E-state index is 11.6. The molecule has 0 saturated heterocycles. The number of hydrogen-bond acceptors (Lipinski definition) is 5. The Hall–Kier alpha value is -1.79. The zero-order chi connectivity index (χ0) is 14.1. The Morgan fingerprint density at radius 2 is 2.32 bits per heavy atom. The zero-order valence-corrected chi connectivity index (χ0v) is 11.0. The van der Waals surface area contributed by atoms with Gasteiger partial charge in [-0.05, 0) is 12.1 Å². The number of anilines is 1. The standard InChI is InChI=1S/C13H20N2O4/c1-18-9-11(8-16)15-13(17)5-6-19-12-4-2-3-10(14)7-12/h2-4,7,11,16H,5-6,8-9,14H2,1H3,(H,15,17). The number of nitrogens with two attached hydrogens (primary N) is 1. The van der Waals surface area contributed by atoms with E-state index in [0.29, 0.717) is 11.4 Å². The molecule has 19 heavy (non-hydrogen) atoms. The Kier molecular flexibility index (Phi) is 6.70. The van der Waals surface area contributed by atoms with Crippen LogP contribution in [0.15, 0.2) is 24.3 Å². The third kappa shape index (κ3) is 6.08. The predicted octanol–water partition coefficient (Wildman–Crippen LogP) is 0.161. The Labute approximate surface area is 112 Å². The summed E-state index contributed by atoms with van der Waals surface area (Å²) in [7, 11) is 1.51. The highest BCUT2D eigenvalue weighted by Gasteiger charge is 2.10. The average Bonchev–Trinajstić information content (AvgIpc) is 2.38. The summed E-state index contributed by atoms with van der Waals surface area (Å²) in [6, 6.07) is 6.63. The molecular formula is C13H20N2O4. The van der Waals surface area contributed by atoms with Crippen molar-refractivity contribution in [2.45, 2.75) is 12.5 Å².